The number of hydrogen-bond donors (Lipinski definition) is 2. The Labute approximate surface area is 183 Å². The molecule has 3 rings (SSSR count). The molecule has 3 aromatic carbocycles. The Morgan fingerprint density at radius 3 is 1.53 bits per heavy atom. The van der Waals surface area contributed by atoms with E-state index in [-0.39, 0.29) is 24.3 Å². The van der Waals surface area contributed by atoms with E-state index in [0.717, 1.165) is 11.1 Å². The first kappa shape index (κ1) is 21.5. The van der Waals surface area contributed by atoms with E-state index < -0.39 is 11.8 Å². The fourth-order valence-corrected chi connectivity index (χ4v) is 3.12. The highest BCUT2D eigenvalue weighted by Gasteiger charge is 2.12. The van der Waals surface area contributed by atoms with Crippen LogP contribution < -0.4 is 20.9 Å². The van der Waals surface area contributed by atoms with Crippen LogP contribution in [0.4, 0.5) is 0 Å². The van der Waals surface area contributed by atoms with Gasteiger partial charge in [-0.15, -0.1) is 0 Å². The van der Waals surface area contributed by atoms with Gasteiger partial charge in [0.1, 0.15) is 24.7 Å². The van der Waals surface area contributed by atoms with Gasteiger partial charge in [-0.25, -0.2) is 0 Å². The van der Waals surface area contributed by atoms with Gasteiger partial charge in [-0.2, -0.15) is 0 Å². The first-order valence-electron chi connectivity index (χ1n) is 8.85. The predicted octanol–water partition coefficient (Wildman–Crippen LogP) is 4.35. The summed E-state index contributed by atoms with van der Waals surface area (Å²) in [6.07, 6.45) is 0. The molecule has 0 bridgehead atoms. The molecule has 0 saturated heterocycles. The molecule has 30 heavy (non-hydrogen) atoms. The van der Waals surface area contributed by atoms with Crippen molar-refractivity contribution in [1.82, 2.24) is 0 Å². The molecule has 8 heteroatoms. The summed E-state index contributed by atoms with van der Waals surface area (Å²) in [4.78, 5) is 23.2. The second kappa shape index (κ2) is 9.52. The largest absolute Gasteiger partial charge is 0.488 e. The van der Waals surface area contributed by atoms with Gasteiger partial charge in [0.05, 0.1) is 11.1 Å². The van der Waals surface area contributed by atoms with Crippen LogP contribution in [-0.4, -0.2) is 11.8 Å². The van der Waals surface area contributed by atoms with Crippen molar-refractivity contribution < 1.29 is 19.1 Å². The Morgan fingerprint density at radius 1 is 0.700 bits per heavy atom. The van der Waals surface area contributed by atoms with E-state index in [1.807, 2.05) is 24.3 Å². The number of carbonyl (C=O) groups excluding carboxylic acids is 2. The molecule has 0 aromatic heterocycles. The SMILES string of the molecule is NC(=O)c1cc(Cl)ccc1OCc1cccc(COc2ccc(Cl)cc2C(N)=O)c1. The quantitative estimate of drug-likeness (QED) is 0.538. The minimum Gasteiger partial charge on any atom is -0.488 e. The number of amides is 2. The van der Waals surface area contributed by atoms with Crippen molar-refractivity contribution >= 4 is 35.0 Å². The monoisotopic (exact) mass is 444 g/mol. The minimum absolute atomic E-state index is 0.212. The third kappa shape index (κ3) is 5.43. The van der Waals surface area contributed by atoms with Crippen LogP contribution in [0.1, 0.15) is 31.8 Å². The van der Waals surface area contributed by atoms with Gasteiger partial charge in [0.15, 0.2) is 0 Å². The normalized spacial score (nSPS) is 10.5. The Morgan fingerprint density at radius 2 is 1.13 bits per heavy atom. The van der Waals surface area contributed by atoms with Crippen LogP contribution in [0.15, 0.2) is 60.7 Å². The lowest BCUT2D eigenvalue weighted by Gasteiger charge is -2.12. The zero-order valence-corrected chi connectivity index (χ0v) is 17.2. The van der Waals surface area contributed by atoms with Crippen molar-refractivity contribution in [3.63, 3.8) is 0 Å². The second-order valence-electron chi connectivity index (χ2n) is 6.41. The zero-order valence-electron chi connectivity index (χ0n) is 15.7. The van der Waals surface area contributed by atoms with Gasteiger partial charge in [-0.05, 0) is 53.6 Å². The number of benzene rings is 3. The Kier molecular flexibility index (Phi) is 6.82. The van der Waals surface area contributed by atoms with Gasteiger partial charge in [-0.1, -0.05) is 41.4 Å². The predicted molar refractivity (Wildman–Crippen MR) is 115 cm³/mol. The van der Waals surface area contributed by atoms with E-state index in [0.29, 0.717) is 21.5 Å². The summed E-state index contributed by atoms with van der Waals surface area (Å²) in [5.74, 6) is -0.549. The van der Waals surface area contributed by atoms with E-state index in [1.165, 1.54) is 12.1 Å². The van der Waals surface area contributed by atoms with Crippen LogP contribution in [-0.2, 0) is 13.2 Å². The maximum Gasteiger partial charge on any atom is 0.252 e. The molecular formula is C22H18Cl2N2O4. The summed E-state index contributed by atoms with van der Waals surface area (Å²) < 4.78 is 11.5. The summed E-state index contributed by atoms with van der Waals surface area (Å²) in [5, 5.41) is 0.792. The maximum absolute atomic E-state index is 11.6. The van der Waals surface area contributed by atoms with Crippen molar-refractivity contribution in [3.05, 3.63) is 93.0 Å². The van der Waals surface area contributed by atoms with Crippen LogP contribution in [0.3, 0.4) is 0 Å². The lowest BCUT2D eigenvalue weighted by atomic mass is 10.1. The maximum atomic E-state index is 11.6. The van der Waals surface area contributed by atoms with Crippen molar-refractivity contribution in [1.29, 1.82) is 0 Å². The molecule has 3 aromatic rings. The molecule has 0 aliphatic carbocycles. The molecule has 154 valence electrons. The first-order chi connectivity index (χ1) is 14.3. The van der Waals surface area contributed by atoms with Gasteiger partial charge < -0.3 is 20.9 Å². The summed E-state index contributed by atoms with van der Waals surface area (Å²) >= 11 is 11.8. The summed E-state index contributed by atoms with van der Waals surface area (Å²) in [5.41, 5.74) is 12.9. The number of rotatable bonds is 8. The Balaban J connectivity index is 1.69. The molecule has 6 nitrogen and oxygen atoms in total. The summed E-state index contributed by atoms with van der Waals surface area (Å²) in [6.45, 7) is 0.423. The molecule has 0 fully saturated rings. The fourth-order valence-electron chi connectivity index (χ4n) is 2.77. The Hall–Kier alpha value is -3.22. The third-order valence-electron chi connectivity index (χ3n) is 4.19. The van der Waals surface area contributed by atoms with Gasteiger partial charge in [0, 0.05) is 10.0 Å². The van der Waals surface area contributed by atoms with Crippen LogP contribution in [0.5, 0.6) is 11.5 Å². The van der Waals surface area contributed by atoms with Gasteiger partial charge in [0.2, 0.25) is 0 Å². The number of hydrogen-bond acceptors (Lipinski definition) is 4. The lowest BCUT2D eigenvalue weighted by molar-refractivity contribution is 0.0987. The molecule has 2 amide bonds. The average Bonchev–Trinajstić information content (AvgIpc) is 2.72. The van der Waals surface area contributed by atoms with E-state index >= 15 is 0 Å². The minimum atomic E-state index is -0.622. The van der Waals surface area contributed by atoms with Crippen molar-refractivity contribution in [2.45, 2.75) is 13.2 Å². The lowest BCUT2D eigenvalue weighted by Crippen LogP contribution is -2.13. The molecule has 0 unspecified atom stereocenters. The third-order valence-corrected chi connectivity index (χ3v) is 4.66. The van der Waals surface area contributed by atoms with Crippen molar-refractivity contribution in [2.24, 2.45) is 11.5 Å². The van der Waals surface area contributed by atoms with Crippen LogP contribution >= 0.6 is 23.2 Å². The fraction of sp³-hybridized carbons (Fsp3) is 0.0909. The summed E-state index contributed by atoms with van der Waals surface area (Å²) in [6, 6.07) is 16.9. The molecule has 4 N–H and O–H groups in total. The van der Waals surface area contributed by atoms with E-state index in [1.54, 1.807) is 24.3 Å². The summed E-state index contributed by atoms with van der Waals surface area (Å²) in [7, 11) is 0. The van der Waals surface area contributed by atoms with Gasteiger partial charge >= 0.3 is 0 Å². The second-order valence-corrected chi connectivity index (χ2v) is 7.28. The molecule has 0 spiro atoms. The van der Waals surface area contributed by atoms with Crippen LogP contribution in [0, 0.1) is 0 Å². The Bertz CT molecular complexity index is 1020. The number of primary amides is 2. The van der Waals surface area contributed by atoms with E-state index in [2.05, 4.69) is 0 Å². The highest BCUT2D eigenvalue weighted by atomic mass is 35.5. The molecule has 0 aliphatic heterocycles. The molecule has 0 atom stereocenters. The smallest absolute Gasteiger partial charge is 0.252 e. The van der Waals surface area contributed by atoms with Crippen LogP contribution in [0.2, 0.25) is 10.0 Å². The number of ether oxygens (including phenoxy) is 2. The van der Waals surface area contributed by atoms with Gasteiger partial charge in [-0.3, -0.25) is 9.59 Å². The standard InChI is InChI=1S/C22H18Cl2N2O4/c23-15-4-6-19(17(9-15)21(25)27)29-11-13-2-1-3-14(8-13)12-30-20-7-5-16(24)10-18(20)22(26)28/h1-10H,11-12H2,(H2,25,27)(H2,26,28). The number of carbonyl (C=O) groups is 2. The van der Waals surface area contributed by atoms with Crippen LogP contribution in [0.25, 0.3) is 0 Å². The highest BCUT2D eigenvalue weighted by Crippen LogP contribution is 2.25. The topological polar surface area (TPSA) is 105 Å². The first-order valence-corrected chi connectivity index (χ1v) is 9.61. The van der Waals surface area contributed by atoms with Crippen molar-refractivity contribution in [2.75, 3.05) is 0 Å². The van der Waals surface area contributed by atoms with E-state index in [9.17, 15) is 9.59 Å². The van der Waals surface area contributed by atoms with E-state index in [4.69, 9.17) is 44.1 Å². The van der Waals surface area contributed by atoms with Gasteiger partial charge in [0.25, 0.3) is 11.8 Å². The zero-order chi connectivity index (χ0) is 21.7. The molecule has 0 radical (unpaired) electrons. The average molecular weight is 445 g/mol. The highest BCUT2D eigenvalue weighted by molar-refractivity contribution is 6.31. The molecule has 0 aliphatic rings. The molecule has 0 heterocycles. The number of halogens is 2. The molecule has 0 saturated carbocycles. The number of nitrogens with two attached hydrogens (primary N) is 2. The molecular weight excluding hydrogens is 427 g/mol. The van der Waals surface area contributed by atoms with Crippen molar-refractivity contribution in [3.8, 4) is 11.5 Å².